The molecule has 0 aliphatic heterocycles. The average Bonchev–Trinajstić information content (AvgIpc) is 2.34. The standard InChI is InChI=1S/C16H27NO2/c1-10(2)14(9-18)17(6)16-11(3)8-15(19-7)12(4)13(16)5/h8,10,14,18H,9H2,1-7H3. The first-order valence-corrected chi connectivity index (χ1v) is 6.83. The highest BCUT2D eigenvalue weighted by atomic mass is 16.5. The van der Waals surface area contributed by atoms with Gasteiger partial charge in [-0.15, -0.1) is 0 Å². The van der Waals surface area contributed by atoms with Crippen LogP contribution in [0.1, 0.15) is 30.5 Å². The van der Waals surface area contributed by atoms with Crippen LogP contribution in [0.5, 0.6) is 5.75 Å². The van der Waals surface area contributed by atoms with E-state index in [4.69, 9.17) is 4.74 Å². The van der Waals surface area contributed by atoms with Crippen molar-refractivity contribution in [1.29, 1.82) is 0 Å². The summed E-state index contributed by atoms with van der Waals surface area (Å²) in [7, 11) is 3.76. The minimum absolute atomic E-state index is 0.130. The normalized spacial score (nSPS) is 12.7. The fourth-order valence-electron chi connectivity index (χ4n) is 2.73. The first-order valence-electron chi connectivity index (χ1n) is 6.83. The van der Waals surface area contributed by atoms with Gasteiger partial charge in [0.15, 0.2) is 0 Å². The molecule has 1 N–H and O–H groups in total. The van der Waals surface area contributed by atoms with E-state index < -0.39 is 0 Å². The van der Waals surface area contributed by atoms with Crippen molar-refractivity contribution >= 4 is 5.69 Å². The predicted octanol–water partition coefficient (Wildman–Crippen LogP) is 3.07. The van der Waals surface area contributed by atoms with E-state index in [-0.39, 0.29) is 12.6 Å². The van der Waals surface area contributed by atoms with Crippen LogP contribution in [0, 0.1) is 26.7 Å². The molecule has 0 bridgehead atoms. The van der Waals surface area contributed by atoms with Crippen molar-refractivity contribution in [3.8, 4) is 5.75 Å². The molecule has 0 saturated carbocycles. The second kappa shape index (κ2) is 6.29. The number of aryl methyl sites for hydroxylation is 1. The number of benzene rings is 1. The fourth-order valence-corrected chi connectivity index (χ4v) is 2.73. The van der Waals surface area contributed by atoms with Gasteiger partial charge in [0, 0.05) is 12.7 Å². The van der Waals surface area contributed by atoms with E-state index in [0.717, 1.165) is 11.3 Å². The number of aliphatic hydroxyl groups is 1. The molecule has 0 fully saturated rings. The number of methoxy groups -OCH3 is 1. The summed E-state index contributed by atoms with van der Waals surface area (Å²) in [4.78, 5) is 2.20. The molecule has 0 spiro atoms. The maximum Gasteiger partial charge on any atom is 0.122 e. The Morgan fingerprint density at radius 1 is 1.21 bits per heavy atom. The molecule has 3 heteroatoms. The maximum absolute atomic E-state index is 9.61. The second-order valence-electron chi connectivity index (χ2n) is 5.60. The quantitative estimate of drug-likeness (QED) is 0.888. The Bertz CT molecular complexity index is 441. The van der Waals surface area contributed by atoms with Gasteiger partial charge in [0.1, 0.15) is 5.75 Å². The number of hydrogen-bond donors (Lipinski definition) is 1. The Morgan fingerprint density at radius 2 is 1.79 bits per heavy atom. The highest BCUT2D eigenvalue weighted by Crippen LogP contribution is 2.34. The molecule has 0 aliphatic carbocycles. The zero-order valence-electron chi connectivity index (χ0n) is 13.2. The summed E-state index contributed by atoms with van der Waals surface area (Å²) < 4.78 is 5.41. The minimum Gasteiger partial charge on any atom is -0.496 e. The molecule has 0 saturated heterocycles. The van der Waals surface area contributed by atoms with E-state index in [1.807, 2.05) is 0 Å². The van der Waals surface area contributed by atoms with E-state index in [9.17, 15) is 5.11 Å². The third kappa shape index (κ3) is 3.03. The van der Waals surface area contributed by atoms with E-state index in [0.29, 0.717) is 5.92 Å². The summed E-state index contributed by atoms with van der Waals surface area (Å²) in [5, 5.41) is 9.61. The SMILES string of the molecule is COc1cc(C)c(N(C)C(CO)C(C)C)c(C)c1C. The van der Waals surface area contributed by atoms with Gasteiger partial charge >= 0.3 is 0 Å². The molecule has 0 aliphatic rings. The Labute approximate surface area is 117 Å². The predicted molar refractivity (Wildman–Crippen MR) is 81.3 cm³/mol. The summed E-state index contributed by atoms with van der Waals surface area (Å²) in [5.41, 5.74) is 4.77. The Balaban J connectivity index is 3.31. The van der Waals surface area contributed by atoms with Gasteiger partial charge in [0.2, 0.25) is 0 Å². The van der Waals surface area contributed by atoms with Gasteiger partial charge < -0.3 is 14.7 Å². The van der Waals surface area contributed by atoms with Crippen LogP contribution in [0.2, 0.25) is 0 Å². The molecule has 108 valence electrons. The summed E-state index contributed by atoms with van der Waals surface area (Å²) in [6.07, 6.45) is 0. The molecular formula is C16H27NO2. The van der Waals surface area contributed by atoms with E-state index in [1.165, 1.54) is 16.8 Å². The van der Waals surface area contributed by atoms with Crippen molar-refractivity contribution in [2.75, 3.05) is 25.7 Å². The van der Waals surface area contributed by atoms with Crippen LogP contribution in [-0.2, 0) is 0 Å². The third-order valence-electron chi connectivity index (χ3n) is 4.04. The van der Waals surface area contributed by atoms with Crippen LogP contribution in [-0.4, -0.2) is 31.9 Å². The molecule has 1 unspecified atom stereocenters. The van der Waals surface area contributed by atoms with Crippen LogP contribution in [0.4, 0.5) is 5.69 Å². The molecule has 0 aromatic heterocycles. The summed E-state index contributed by atoms with van der Waals surface area (Å²) in [6.45, 7) is 10.7. The van der Waals surface area contributed by atoms with Crippen molar-refractivity contribution in [1.82, 2.24) is 0 Å². The third-order valence-corrected chi connectivity index (χ3v) is 4.04. The van der Waals surface area contributed by atoms with Crippen molar-refractivity contribution in [2.24, 2.45) is 5.92 Å². The average molecular weight is 265 g/mol. The van der Waals surface area contributed by atoms with Crippen LogP contribution in [0.25, 0.3) is 0 Å². The summed E-state index contributed by atoms with van der Waals surface area (Å²) in [5.74, 6) is 1.33. The van der Waals surface area contributed by atoms with Crippen molar-refractivity contribution in [3.05, 3.63) is 22.8 Å². The van der Waals surface area contributed by atoms with Crippen LogP contribution in [0.3, 0.4) is 0 Å². The van der Waals surface area contributed by atoms with Crippen LogP contribution >= 0.6 is 0 Å². The van der Waals surface area contributed by atoms with Gasteiger partial charge in [-0.3, -0.25) is 0 Å². The second-order valence-corrected chi connectivity index (χ2v) is 5.60. The Kier molecular flexibility index (Phi) is 5.24. The molecule has 3 nitrogen and oxygen atoms in total. The van der Waals surface area contributed by atoms with Crippen molar-refractivity contribution in [2.45, 2.75) is 40.7 Å². The lowest BCUT2D eigenvalue weighted by atomic mass is 9.97. The molecule has 1 aromatic rings. The fraction of sp³-hybridized carbons (Fsp3) is 0.625. The number of anilines is 1. The van der Waals surface area contributed by atoms with Crippen molar-refractivity contribution < 1.29 is 9.84 Å². The molecule has 1 rings (SSSR count). The van der Waals surface area contributed by atoms with Gasteiger partial charge in [-0.05, 0) is 49.4 Å². The molecule has 0 heterocycles. The lowest BCUT2D eigenvalue weighted by Crippen LogP contribution is -2.39. The van der Waals surface area contributed by atoms with Gasteiger partial charge in [-0.2, -0.15) is 0 Å². The number of likely N-dealkylation sites (N-methyl/N-ethyl adjacent to an activating group) is 1. The molecular weight excluding hydrogens is 238 g/mol. The first kappa shape index (κ1) is 15.8. The molecule has 0 amide bonds. The monoisotopic (exact) mass is 265 g/mol. The molecule has 1 aromatic carbocycles. The lowest BCUT2D eigenvalue weighted by molar-refractivity contribution is 0.234. The highest BCUT2D eigenvalue weighted by molar-refractivity contribution is 5.65. The molecule has 0 radical (unpaired) electrons. The van der Waals surface area contributed by atoms with Gasteiger partial charge in [-0.25, -0.2) is 0 Å². The maximum atomic E-state index is 9.61. The largest absolute Gasteiger partial charge is 0.496 e. The van der Waals surface area contributed by atoms with Gasteiger partial charge in [-0.1, -0.05) is 13.8 Å². The number of rotatable bonds is 5. The van der Waals surface area contributed by atoms with Crippen LogP contribution in [0.15, 0.2) is 6.07 Å². The zero-order chi connectivity index (χ0) is 14.7. The summed E-state index contributed by atoms with van der Waals surface area (Å²) in [6, 6.07) is 2.20. The number of ether oxygens (including phenoxy) is 1. The van der Waals surface area contributed by atoms with E-state index >= 15 is 0 Å². The van der Waals surface area contributed by atoms with E-state index in [1.54, 1.807) is 7.11 Å². The topological polar surface area (TPSA) is 32.7 Å². The smallest absolute Gasteiger partial charge is 0.122 e. The van der Waals surface area contributed by atoms with E-state index in [2.05, 4.69) is 52.6 Å². The summed E-state index contributed by atoms with van der Waals surface area (Å²) >= 11 is 0. The number of hydrogen-bond acceptors (Lipinski definition) is 3. The van der Waals surface area contributed by atoms with Crippen molar-refractivity contribution in [3.63, 3.8) is 0 Å². The minimum atomic E-state index is 0.130. The Morgan fingerprint density at radius 3 is 2.21 bits per heavy atom. The molecule has 19 heavy (non-hydrogen) atoms. The highest BCUT2D eigenvalue weighted by Gasteiger charge is 2.22. The molecule has 1 atom stereocenters. The Hall–Kier alpha value is -1.22. The first-order chi connectivity index (χ1) is 8.84. The number of aliphatic hydroxyl groups excluding tert-OH is 1. The van der Waals surface area contributed by atoms with Gasteiger partial charge in [0.05, 0.1) is 19.8 Å². The zero-order valence-corrected chi connectivity index (χ0v) is 13.2. The van der Waals surface area contributed by atoms with Gasteiger partial charge in [0.25, 0.3) is 0 Å². The van der Waals surface area contributed by atoms with Crippen LogP contribution < -0.4 is 9.64 Å². The lowest BCUT2D eigenvalue weighted by Gasteiger charge is -2.34. The number of nitrogens with zero attached hydrogens (tertiary/aromatic N) is 1.